The molecule has 0 bridgehead atoms. The quantitative estimate of drug-likeness (QED) is 0.202. The molecule has 6 rings (SSSR count). The van der Waals surface area contributed by atoms with Gasteiger partial charge in [0.15, 0.2) is 0 Å². The number of thioether (sulfide) groups is 1. The first-order chi connectivity index (χ1) is 20.2. The van der Waals surface area contributed by atoms with E-state index in [-0.39, 0.29) is 18.2 Å². The van der Waals surface area contributed by atoms with Gasteiger partial charge in [-0.3, -0.25) is 9.59 Å². The average Bonchev–Trinajstić information content (AvgIpc) is 3.59. The number of para-hydroxylation sites is 1. The molecule has 0 saturated carbocycles. The molecule has 3 heterocycles. The Morgan fingerprint density at radius 2 is 1.90 bits per heavy atom. The first-order valence-corrected chi connectivity index (χ1v) is 15.9. The zero-order chi connectivity index (χ0) is 29.4. The van der Waals surface area contributed by atoms with Gasteiger partial charge in [-0.25, -0.2) is 0 Å². The number of thiophene rings is 1. The van der Waals surface area contributed by atoms with Crippen LogP contribution in [0.2, 0.25) is 0 Å². The normalized spacial score (nSPS) is 15.5. The lowest BCUT2D eigenvalue weighted by molar-refractivity contribution is -0.127. The van der Waals surface area contributed by atoms with Crippen molar-refractivity contribution >= 4 is 66.6 Å². The smallest absolute Gasteiger partial charge is 0.250 e. The number of benzene rings is 3. The molecule has 0 aliphatic carbocycles. The predicted octanol–water partition coefficient (Wildman–Crippen LogP) is 5.76. The molecule has 2 amide bonds. The minimum atomic E-state index is -0.665. The molecule has 1 aliphatic heterocycles. The van der Waals surface area contributed by atoms with E-state index in [1.54, 1.807) is 41.8 Å². The van der Waals surface area contributed by atoms with Crippen molar-refractivity contribution in [1.29, 1.82) is 0 Å². The molecular weight excluding hydrogens is 634 g/mol. The van der Waals surface area contributed by atoms with Crippen molar-refractivity contribution < 1.29 is 9.59 Å². The third-order valence-electron chi connectivity index (χ3n) is 6.87. The number of amides is 2. The summed E-state index contributed by atoms with van der Waals surface area (Å²) >= 11 is 7.10. The number of aromatic nitrogens is 4. The summed E-state index contributed by atoms with van der Waals surface area (Å²) < 4.78 is 2.07. The molecule has 5 aromatic rings. The SMILES string of the molecule is CC(C)(N)CC(=O)N[C@@H]1CSc2ccccc2N(Cc2ccc3sc(-c4ccccc4-c4nn[nH]n4)c(Br)c3c2)C1=O. The van der Waals surface area contributed by atoms with E-state index < -0.39 is 11.6 Å². The van der Waals surface area contributed by atoms with Crippen LogP contribution in [0.3, 0.4) is 0 Å². The zero-order valence-electron chi connectivity index (χ0n) is 22.9. The maximum absolute atomic E-state index is 13.9. The summed E-state index contributed by atoms with van der Waals surface area (Å²) in [6.07, 6.45) is 0.134. The molecule has 0 saturated heterocycles. The van der Waals surface area contributed by atoms with E-state index in [9.17, 15) is 9.59 Å². The maximum Gasteiger partial charge on any atom is 0.250 e. The Morgan fingerprint density at radius 3 is 2.67 bits per heavy atom. The van der Waals surface area contributed by atoms with E-state index in [1.165, 1.54) is 0 Å². The van der Waals surface area contributed by atoms with Crippen LogP contribution in [-0.4, -0.2) is 49.8 Å². The summed E-state index contributed by atoms with van der Waals surface area (Å²) in [5, 5.41) is 18.6. The highest BCUT2D eigenvalue weighted by Crippen LogP contribution is 2.45. The molecule has 4 N–H and O–H groups in total. The van der Waals surface area contributed by atoms with Crippen LogP contribution in [0, 0.1) is 0 Å². The molecule has 42 heavy (non-hydrogen) atoms. The van der Waals surface area contributed by atoms with Crippen LogP contribution >= 0.6 is 39.0 Å². The molecule has 12 heteroatoms. The van der Waals surface area contributed by atoms with Crippen molar-refractivity contribution in [3.8, 4) is 21.8 Å². The number of fused-ring (bicyclic) bond motifs is 2. The van der Waals surface area contributed by atoms with Crippen LogP contribution < -0.4 is 16.0 Å². The Morgan fingerprint density at radius 1 is 1.14 bits per heavy atom. The van der Waals surface area contributed by atoms with Gasteiger partial charge in [0.25, 0.3) is 5.91 Å². The second kappa shape index (κ2) is 11.6. The fraction of sp³-hybridized carbons (Fsp3) is 0.233. The van der Waals surface area contributed by atoms with Crippen molar-refractivity contribution in [3.05, 3.63) is 76.8 Å². The summed E-state index contributed by atoms with van der Waals surface area (Å²) in [7, 11) is 0. The number of carbonyl (C=O) groups excluding carboxylic acids is 2. The Kier molecular flexibility index (Phi) is 7.88. The standard InChI is InChI=1S/C30H28BrN7O2S2/c1-30(2,32)14-25(39)33-21-16-41-24-10-6-5-9-22(24)38(29(21)40)15-17-11-12-23-20(13-17)26(31)27(42-23)18-7-3-4-8-19(18)28-34-36-37-35-28/h3-13,21H,14-16,32H2,1-2H3,(H,33,39)(H,34,35,36,37)/t21-/m1/s1. The largest absolute Gasteiger partial charge is 0.343 e. The lowest BCUT2D eigenvalue weighted by Gasteiger charge is -2.27. The Bertz CT molecular complexity index is 1780. The second-order valence-corrected chi connectivity index (χ2v) is 13.8. The second-order valence-electron chi connectivity index (χ2n) is 10.8. The number of nitrogens with zero attached hydrogens (tertiary/aromatic N) is 4. The number of H-pyrrole nitrogens is 1. The van der Waals surface area contributed by atoms with Crippen LogP contribution in [0.5, 0.6) is 0 Å². The number of aromatic amines is 1. The van der Waals surface area contributed by atoms with E-state index in [2.05, 4.69) is 60.1 Å². The lowest BCUT2D eigenvalue weighted by Crippen LogP contribution is -2.51. The molecule has 2 aromatic heterocycles. The van der Waals surface area contributed by atoms with Crippen molar-refractivity contribution in [3.63, 3.8) is 0 Å². The predicted molar refractivity (Wildman–Crippen MR) is 171 cm³/mol. The molecule has 3 aromatic carbocycles. The van der Waals surface area contributed by atoms with Crippen LogP contribution in [0.15, 0.2) is 76.1 Å². The molecule has 1 aliphatic rings. The van der Waals surface area contributed by atoms with E-state index >= 15 is 0 Å². The molecule has 214 valence electrons. The van der Waals surface area contributed by atoms with Crippen LogP contribution in [0.25, 0.3) is 31.9 Å². The van der Waals surface area contributed by atoms with E-state index in [0.29, 0.717) is 18.1 Å². The van der Waals surface area contributed by atoms with Gasteiger partial charge in [-0.15, -0.1) is 33.3 Å². The zero-order valence-corrected chi connectivity index (χ0v) is 26.1. The molecule has 0 fully saturated rings. The van der Waals surface area contributed by atoms with Gasteiger partial charge >= 0.3 is 0 Å². The van der Waals surface area contributed by atoms with E-state index in [1.807, 2.05) is 48.5 Å². The Hall–Kier alpha value is -3.58. The van der Waals surface area contributed by atoms with Crippen LogP contribution in [0.4, 0.5) is 5.69 Å². The minimum absolute atomic E-state index is 0.134. The lowest BCUT2D eigenvalue weighted by atomic mass is 10.0. The fourth-order valence-corrected chi connectivity index (χ4v) is 8.10. The number of hydrogen-bond acceptors (Lipinski definition) is 8. The highest BCUT2D eigenvalue weighted by molar-refractivity contribution is 9.10. The third-order valence-corrected chi connectivity index (χ3v) is 10.3. The summed E-state index contributed by atoms with van der Waals surface area (Å²) in [6, 6.07) is 21.4. The topological polar surface area (TPSA) is 130 Å². The van der Waals surface area contributed by atoms with Gasteiger partial charge in [-0.05, 0) is 64.8 Å². The number of carbonyl (C=O) groups is 2. The number of halogens is 1. The van der Waals surface area contributed by atoms with Gasteiger partial charge in [0.1, 0.15) is 6.04 Å². The van der Waals surface area contributed by atoms with Crippen LogP contribution in [-0.2, 0) is 16.1 Å². The molecule has 9 nitrogen and oxygen atoms in total. The van der Waals surface area contributed by atoms with Gasteiger partial charge in [0.2, 0.25) is 11.7 Å². The van der Waals surface area contributed by atoms with Crippen molar-refractivity contribution in [2.45, 2.75) is 43.3 Å². The molecule has 0 spiro atoms. The number of nitrogens with two attached hydrogens (primary N) is 1. The highest BCUT2D eigenvalue weighted by atomic mass is 79.9. The van der Waals surface area contributed by atoms with Gasteiger partial charge < -0.3 is 16.0 Å². The summed E-state index contributed by atoms with van der Waals surface area (Å²) in [5.74, 6) is 0.601. The molecule has 1 atom stereocenters. The van der Waals surface area contributed by atoms with Gasteiger partial charge in [-0.2, -0.15) is 5.21 Å². The number of tetrazole rings is 1. The van der Waals surface area contributed by atoms with Gasteiger partial charge in [-0.1, -0.05) is 42.5 Å². The van der Waals surface area contributed by atoms with Crippen molar-refractivity contribution in [2.24, 2.45) is 5.73 Å². The first kappa shape index (κ1) is 28.5. The average molecular weight is 663 g/mol. The molecule has 0 radical (unpaired) electrons. The molecule has 0 unspecified atom stereocenters. The van der Waals surface area contributed by atoms with E-state index in [4.69, 9.17) is 5.73 Å². The maximum atomic E-state index is 13.9. The summed E-state index contributed by atoms with van der Waals surface area (Å²) in [5.41, 5.74) is 9.09. The number of anilines is 1. The highest BCUT2D eigenvalue weighted by Gasteiger charge is 2.33. The van der Waals surface area contributed by atoms with Crippen LogP contribution in [0.1, 0.15) is 25.8 Å². The summed E-state index contributed by atoms with van der Waals surface area (Å²) in [6.45, 7) is 3.96. The van der Waals surface area contributed by atoms with Gasteiger partial charge in [0, 0.05) is 48.3 Å². The number of nitrogens with one attached hydrogen (secondary N) is 2. The number of hydrogen-bond donors (Lipinski definition) is 3. The van der Waals surface area contributed by atoms with Crippen molar-refractivity contribution in [2.75, 3.05) is 10.7 Å². The fourth-order valence-electron chi connectivity index (χ4n) is 5.00. The Labute approximate surface area is 259 Å². The molecular formula is C30H28BrN7O2S2. The van der Waals surface area contributed by atoms with Gasteiger partial charge in [0.05, 0.1) is 17.1 Å². The van der Waals surface area contributed by atoms with E-state index in [0.717, 1.165) is 46.7 Å². The minimum Gasteiger partial charge on any atom is -0.343 e. The van der Waals surface area contributed by atoms with Crippen molar-refractivity contribution in [1.82, 2.24) is 25.9 Å². The Balaban J connectivity index is 1.33. The number of rotatable bonds is 7. The monoisotopic (exact) mass is 661 g/mol. The summed E-state index contributed by atoms with van der Waals surface area (Å²) in [4.78, 5) is 30.5. The first-order valence-electron chi connectivity index (χ1n) is 13.3. The third kappa shape index (κ3) is 5.84.